The molecule has 7 nitrogen and oxygen atoms in total. The number of nitrogens with one attached hydrogen (secondary N) is 2. The van der Waals surface area contributed by atoms with Crippen molar-refractivity contribution in [3.05, 3.63) is 39.6 Å². The van der Waals surface area contributed by atoms with E-state index in [2.05, 4.69) is 15.3 Å². The van der Waals surface area contributed by atoms with Gasteiger partial charge in [-0.3, -0.25) is 19.4 Å². The maximum Gasteiger partial charge on any atom is 0.267 e. The van der Waals surface area contributed by atoms with Crippen molar-refractivity contribution >= 4 is 5.91 Å². The van der Waals surface area contributed by atoms with E-state index in [1.165, 1.54) is 0 Å². The zero-order valence-electron chi connectivity index (χ0n) is 10.2. The summed E-state index contributed by atoms with van der Waals surface area (Å²) in [4.78, 5) is 23.0. The van der Waals surface area contributed by atoms with Crippen molar-refractivity contribution in [2.45, 2.75) is 19.3 Å². The summed E-state index contributed by atoms with van der Waals surface area (Å²) in [6, 6.07) is 0. The molecule has 1 amide bonds. The molecule has 0 aromatic carbocycles. The van der Waals surface area contributed by atoms with Crippen LogP contribution in [0.5, 0.6) is 0 Å². The number of nitrogens with two attached hydrogens (primary N) is 1. The largest absolute Gasteiger partial charge is 0.370 e. The Labute approximate surface area is 103 Å². The van der Waals surface area contributed by atoms with Crippen molar-refractivity contribution in [3.63, 3.8) is 0 Å². The number of nitrogens with zero attached hydrogens (tertiary/aromatic N) is 2. The predicted octanol–water partition coefficient (Wildman–Crippen LogP) is -0.248. The average Bonchev–Trinajstić information content (AvgIpc) is 2.83. The van der Waals surface area contributed by atoms with Crippen LogP contribution in [-0.4, -0.2) is 25.9 Å². The topological polar surface area (TPSA) is 110 Å². The van der Waals surface area contributed by atoms with Gasteiger partial charge < -0.3 is 10.8 Å². The van der Waals surface area contributed by atoms with Gasteiger partial charge in [0, 0.05) is 36.8 Å². The molecule has 0 bridgehead atoms. The molecule has 18 heavy (non-hydrogen) atoms. The first kappa shape index (κ1) is 12.2. The molecule has 1 unspecified atom stereocenters. The molecule has 4 N–H and O–H groups in total. The first-order chi connectivity index (χ1) is 8.49. The second-order valence-corrected chi connectivity index (χ2v) is 4.29. The third-order valence-corrected chi connectivity index (χ3v) is 2.89. The molecule has 2 heterocycles. The summed E-state index contributed by atoms with van der Waals surface area (Å²) in [5, 5.41) is 9.31. The summed E-state index contributed by atoms with van der Waals surface area (Å²) in [5.74, 6) is -0.824. The van der Waals surface area contributed by atoms with Gasteiger partial charge in [-0.2, -0.15) is 5.10 Å². The van der Waals surface area contributed by atoms with E-state index in [-0.39, 0.29) is 17.9 Å². The number of carbonyl (C=O) groups excluding carboxylic acids is 1. The molecule has 0 spiro atoms. The minimum Gasteiger partial charge on any atom is -0.370 e. The summed E-state index contributed by atoms with van der Waals surface area (Å²) in [5.41, 5.74) is 7.05. The van der Waals surface area contributed by atoms with Crippen molar-refractivity contribution < 1.29 is 4.79 Å². The molecule has 2 aromatic heterocycles. The van der Waals surface area contributed by atoms with E-state index in [1.807, 2.05) is 0 Å². The number of primary amides is 1. The summed E-state index contributed by atoms with van der Waals surface area (Å²) < 4.78 is 1.62. The van der Waals surface area contributed by atoms with E-state index in [9.17, 15) is 9.59 Å². The molecular formula is C11H15N5O2. The van der Waals surface area contributed by atoms with E-state index in [1.54, 1.807) is 31.0 Å². The maximum absolute atomic E-state index is 11.8. The Bertz CT molecular complexity index is 621. The highest BCUT2D eigenvalue weighted by Gasteiger charge is 2.24. The normalized spacial score (nSPS) is 12.6. The first-order valence-electron chi connectivity index (χ1n) is 5.53. The van der Waals surface area contributed by atoms with E-state index in [0.717, 1.165) is 5.56 Å². The lowest BCUT2D eigenvalue weighted by Gasteiger charge is -2.11. The zero-order chi connectivity index (χ0) is 13.3. The molecular weight excluding hydrogens is 234 g/mol. The standard InChI is InChI=1S/C11H15N5O2/c1-6-10(11(18)15-14-6)8(3-9(12)17)7-4-13-16(2)5-7/h4-5,8H,3H2,1-2H3,(H2,12,17)(H2,14,15,18). The highest BCUT2D eigenvalue weighted by molar-refractivity contribution is 5.75. The fourth-order valence-electron chi connectivity index (χ4n) is 2.08. The van der Waals surface area contributed by atoms with Crippen LogP contribution < -0.4 is 11.3 Å². The molecule has 7 heteroatoms. The maximum atomic E-state index is 11.8. The summed E-state index contributed by atoms with van der Waals surface area (Å²) >= 11 is 0. The fraction of sp³-hybridized carbons (Fsp3) is 0.364. The van der Waals surface area contributed by atoms with Crippen LogP contribution in [0, 0.1) is 6.92 Å². The minimum absolute atomic E-state index is 0.0769. The van der Waals surface area contributed by atoms with Crippen LogP contribution in [0.1, 0.15) is 29.2 Å². The molecule has 96 valence electrons. The summed E-state index contributed by atoms with van der Waals surface area (Å²) in [6.45, 7) is 1.78. The Morgan fingerprint density at radius 2 is 2.28 bits per heavy atom. The van der Waals surface area contributed by atoms with Crippen molar-refractivity contribution in [3.8, 4) is 0 Å². The van der Waals surface area contributed by atoms with E-state index >= 15 is 0 Å². The molecule has 0 aliphatic rings. The van der Waals surface area contributed by atoms with Crippen LogP contribution in [-0.2, 0) is 11.8 Å². The summed E-state index contributed by atoms with van der Waals surface area (Å²) in [7, 11) is 1.78. The first-order valence-corrected chi connectivity index (χ1v) is 5.53. The second-order valence-electron chi connectivity index (χ2n) is 4.29. The minimum atomic E-state index is -0.455. The molecule has 0 saturated heterocycles. The van der Waals surface area contributed by atoms with Crippen LogP contribution in [0.15, 0.2) is 17.2 Å². The third-order valence-electron chi connectivity index (χ3n) is 2.89. The Hall–Kier alpha value is -2.31. The van der Waals surface area contributed by atoms with Gasteiger partial charge in [-0.05, 0) is 12.5 Å². The monoisotopic (exact) mass is 249 g/mol. The highest BCUT2D eigenvalue weighted by atomic mass is 16.1. The van der Waals surface area contributed by atoms with Gasteiger partial charge in [-0.1, -0.05) is 0 Å². The molecule has 2 aromatic rings. The number of aryl methyl sites for hydroxylation is 2. The number of rotatable bonds is 4. The molecule has 2 rings (SSSR count). The molecule has 0 aliphatic heterocycles. The van der Waals surface area contributed by atoms with Crippen molar-refractivity contribution in [2.24, 2.45) is 12.8 Å². The van der Waals surface area contributed by atoms with Gasteiger partial charge >= 0.3 is 0 Å². The van der Waals surface area contributed by atoms with Crippen molar-refractivity contribution in [1.82, 2.24) is 20.0 Å². The lowest BCUT2D eigenvalue weighted by atomic mass is 9.90. The number of amides is 1. The SMILES string of the molecule is Cc1[nH][nH]c(=O)c1C(CC(N)=O)c1cnn(C)c1. The van der Waals surface area contributed by atoms with E-state index in [0.29, 0.717) is 11.3 Å². The number of hydrogen-bond donors (Lipinski definition) is 3. The number of hydrogen-bond acceptors (Lipinski definition) is 3. The molecule has 0 radical (unpaired) electrons. The average molecular weight is 249 g/mol. The zero-order valence-corrected chi connectivity index (χ0v) is 10.2. The van der Waals surface area contributed by atoms with Gasteiger partial charge in [-0.25, -0.2) is 0 Å². The highest BCUT2D eigenvalue weighted by Crippen LogP contribution is 2.26. The number of aromatic amines is 2. The van der Waals surface area contributed by atoms with Crippen LogP contribution in [0.4, 0.5) is 0 Å². The third kappa shape index (κ3) is 2.20. The second kappa shape index (κ2) is 4.52. The van der Waals surface area contributed by atoms with Gasteiger partial charge in [0.05, 0.1) is 6.20 Å². The fourth-order valence-corrected chi connectivity index (χ4v) is 2.08. The number of aromatic nitrogens is 4. The van der Waals surface area contributed by atoms with Gasteiger partial charge in [0.15, 0.2) is 0 Å². The van der Waals surface area contributed by atoms with Gasteiger partial charge in [-0.15, -0.1) is 0 Å². The molecule has 0 fully saturated rings. The number of carbonyl (C=O) groups is 1. The summed E-state index contributed by atoms with van der Waals surface area (Å²) in [6.07, 6.45) is 3.49. The Morgan fingerprint density at radius 3 is 2.72 bits per heavy atom. The van der Waals surface area contributed by atoms with Crippen LogP contribution in [0.25, 0.3) is 0 Å². The van der Waals surface area contributed by atoms with Crippen LogP contribution in [0.2, 0.25) is 0 Å². The smallest absolute Gasteiger partial charge is 0.267 e. The van der Waals surface area contributed by atoms with Gasteiger partial charge in [0.1, 0.15) is 0 Å². The lowest BCUT2D eigenvalue weighted by Crippen LogP contribution is -2.20. The molecule has 0 aliphatic carbocycles. The van der Waals surface area contributed by atoms with Crippen molar-refractivity contribution in [1.29, 1.82) is 0 Å². The van der Waals surface area contributed by atoms with Gasteiger partial charge in [0.2, 0.25) is 5.91 Å². The number of H-pyrrole nitrogens is 2. The predicted molar refractivity (Wildman–Crippen MR) is 65.0 cm³/mol. The quantitative estimate of drug-likeness (QED) is 0.695. The Kier molecular flexibility index (Phi) is 3.05. The van der Waals surface area contributed by atoms with Crippen LogP contribution >= 0.6 is 0 Å². The molecule has 0 saturated carbocycles. The molecule has 1 atom stereocenters. The Balaban J connectivity index is 2.49. The van der Waals surface area contributed by atoms with E-state index < -0.39 is 5.91 Å². The van der Waals surface area contributed by atoms with Crippen LogP contribution in [0.3, 0.4) is 0 Å². The van der Waals surface area contributed by atoms with E-state index in [4.69, 9.17) is 5.73 Å². The van der Waals surface area contributed by atoms with Crippen molar-refractivity contribution in [2.75, 3.05) is 0 Å². The van der Waals surface area contributed by atoms with Gasteiger partial charge in [0.25, 0.3) is 5.56 Å². The Morgan fingerprint density at radius 1 is 1.56 bits per heavy atom. The lowest BCUT2D eigenvalue weighted by molar-refractivity contribution is -0.118.